The van der Waals surface area contributed by atoms with E-state index in [1.165, 1.54) is 11.8 Å². The number of hydrogen-bond acceptors (Lipinski definition) is 6. The summed E-state index contributed by atoms with van der Waals surface area (Å²) < 4.78 is 10.9. The van der Waals surface area contributed by atoms with Crippen LogP contribution in [-0.2, 0) is 4.74 Å². The Morgan fingerprint density at radius 1 is 1.16 bits per heavy atom. The molecule has 0 aliphatic carbocycles. The Labute approximate surface area is 154 Å². The maximum Gasteiger partial charge on any atom is 0.338 e. The van der Waals surface area contributed by atoms with Crippen LogP contribution >= 0.6 is 11.8 Å². The van der Waals surface area contributed by atoms with Crippen LogP contribution in [0.15, 0.2) is 24.3 Å². The molecule has 0 aliphatic rings. The molecule has 0 spiro atoms. The Balaban J connectivity index is 2.75. The molecule has 1 aromatic rings. The smallest absolute Gasteiger partial charge is 0.338 e. The molecule has 0 bridgehead atoms. The van der Waals surface area contributed by atoms with Crippen molar-refractivity contribution >= 4 is 17.7 Å². The summed E-state index contributed by atoms with van der Waals surface area (Å²) in [4.78, 5) is 12.5. The first-order valence-electron chi connectivity index (χ1n) is 8.41. The van der Waals surface area contributed by atoms with E-state index < -0.39 is 22.4 Å². The van der Waals surface area contributed by atoms with Gasteiger partial charge < -0.3 is 19.7 Å². The fraction of sp³-hybridized carbons (Fsp3) is 0.632. The maximum atomic E-state index is 12.5. The van der Waals surface area contributed by atoms with Crippen molar-refractivity contribution < 1.29 is 24.5 Å². The molecule has 0 heterocycles. The third kappa shape index (κ3) is 6.53. The highest BCUT2D eigenvalue weighted by molar-refractivity contribution is 8.00. The van der Waals surface area contributed by atoms with Crippen molar-refractivity contribution in [2.75, 3.05) is 12.4 Å². The zero-order chi connectivity index (χ0) is 19.3. The maximum absolute atomic E-state index is 12.5. The van der Waals surface area contributed by atoms with Gasteiger partial charge in [0.25, 0.3) is 0 Å². The SMILES string of the molecule is CC(C)Oc1ccc(C(=O)OC(C)(C)C(C)(C)SCC(O)CO)cc1. The third-order valence-electron chi connectivity index (χ3n) is 4.11. The third-order valence-corrected chi connectivity index (χ3v) is 5.87. The lowest BCUT2D eigenvalue weighted by atomic mass is 9.93. The number of aliphatic hydroxyl groups is 2. The second-order valence-corrected chi connectivity index (χ2v) is 8.89. The quantitative estimate of drug-likeness (QED) is 0.650. The number of esters is 1. The fourth-order valence-electron chi connectivity index (χ4n) is 1.89. The number of carbonyl (C=O) groups is 1. The molecule has 2 N–H and O–H groups in total. The van der Waals surface area contributed by atoms with E-state index in [1.54, 1.807) is 24.3 Å². The first-order chi connectivity index (χ1) is 11.5. The summed E-state index contributed by atoms with van der Waals surface area (Å²) in [5.74, 6) is 0.670. The molecule has 5 nitrogen and oxygen atoms in total. The highest BCUT2D eigenvalue weighted by Gasteiger charge is 2.41. The minimum atomic E-state index is -0.788. The Morgan fingerprint density at radius 3 is 2.20 bits per heavy atom. The molecule has 0 aromatic heterocycles. The van der Waals surface area contributed by atoms with Gasteiger partial charge in [-0.15, -0.1) is 11.8 Å². The van der Waals surface area contributed by atoms with Gasteiger partial charge in [-0.25, -0.2) is 4.79 Å². The van der Waals surface area contributed by atoms with E-state index in [0.29, 0.717) is 17.1 Å². The molecule has 0 amide bonds. The van der Waals surface area contributed by atoms with Gasteiger partial charge in [-0.1, -0.05) is 0 Å². The van der Waals surface area contributed by atoms with Crippen molar-refractivity contribution in [3.05, 3.63) is 29.8 Å². The molecule has 1 unspecified atom stereocenters. The summed E-state index contributed by atoms with van der Waals surface area (Å²) >= 11 is 1.46. The van der Waals surface area contributed by atoms with Crippen molar-refractivity contribution in [1.29, 1.82) is 0 Å². The van der Waals surface area contributed by atoms with Crippen LogP contribution in [0.4, 0.5) is 0 Å². The summed E-state index contributed by atoms with van der Waals surface area (Å²) in [6.07, 6.45) is -0.715. The lowest BCUT2D eigenvalue weighted by Gasteiger charge is -2.40. The van der Waals surface area contributed by atoms with Crippen LogP contribution in [-0.4, -0.2) is 51.1 Å². The molecule has 0 fully saturated rings. The van der Waals surface area contributed by atoms with E-state index in [0.717, 1.165) is 0 Å². The molecule has 1 aromatic carbocycles. The van der Waals surface area contributed by atoms with Gasteiger partial charge in [-0.2, -0.15) is 0 Å². The van der Waals surface area contributed by atoms with Gasteiger partial charge in [0.2, 0.25) is 0 Å². The van der Waals surface area contributed by atoms with E-state index in [9.17, 15) is 9.90 Å². The second-order valence-electron chi connectivity index (χ2n) is 7.25. The van der Waals surface area contributed by atoms with Gasteiger partial charge in [0.05, 0.1) is 24.4 Å². The van der Waals surface area contributed by atoms with Gasteiger partial charge in [-0.3, -0.25) is 0 Å². The van der Waals surface area contributed by atoms with Crippen molar-refractivity contribution in [1.82, 2.24) is 0 Å². The summed E-state index contributed by atoms with van der Waals surface area (Å²) in [5.41, 5.74) is -0.308. The Kier molecular flexibility index (Phi) is 7.78. The molecule has 0 radical (unpaired) electrons. The number of thioether (sulfide) groups is 1. The van der Waals surface area contributed by atoms with Crippen LogP contribution in [0.25, 0.3) is 0 Å². The van der Waals surface area contributed by atoms with Crippen molar-refractivity contribution in [2.45, 2.75) is 64.1 Å². The van der Waals surface area contributed by atoms with Crippen LogP contribution in [0, 0.1) is 0 Å². The Morgan fingerprint density at radius 2 is 1.72 bits per heavy atom. The number of ether oxygens (including phenoxy) is 2. The minimum Gasteiger partial charge on any atom is -0.491 e. The van der Waals surface area contributed by atoms with Crippen LogP contribution in [0.3, 0.4) is 0 Å². The molecule has 25 heavy (non-hydrogen) atoms. The fourth-order valence-corrected chi connectivity index (χ4v) is 2.99. The van der Waals surface area contributed by atoms with Crippen molar-refractivity contribution in [3.8, 4) is 5.75 Å². The van der Waals surface area contributed by atoms with Gasteiger partial charge in [0.15, 0.2) is 0 Å². The molecule has 142 valence electrons. The predicted octanol–water partition coefficient (Wildman–Crippen LogP) is 3.27. The standard InChI is InChI=1S/C19H30O5S/c1-13(2)23-16-9-7-14(8-10-16)17(22)24-18(3,4)19(5,6)25-12-15(21)11-20/h7-10,13,15,20-21H,11-12H2,1-6H3. The number of hydrogen-bond donors (Lipinski definition) is 2. The van der Waals surface area contributed by atoms with Crippen LogP contribution in [0.2, 0.25) is 0 Å². The second kappa shape index (κ2) is 8.92. The molecular formula is C19H30O5S. The van der Waals surface area contributed by atoms with E-state index in [1.807, 2.05) is 41.5 Å². The van der Waals surface area contributed by atoms with E-state index in [4.69, 9.17) is 14.6 Å². The highest BCUT2D eigenvalue weighted by atomic mass is 32.2. The van der Waals surface area contributed by atoms with Gasteiger partial charge in [0, 0.05) is 10.5 Å². The Bertz CT molecular complexity index is 551. The summed E-state index contributed by atoms with van der Waals surface area (Å²) in [7, 11) is 0. The summed E-state index contributed by atoms with van der Waals surface area (Å²) in [6, 6.07) is 6.87. The van der Waals surface area contributed by atoms with Crippen molar-refractivity contribution in [2.24, 2.45) is 0 Å². The minimum absolute atomic E-state index is 0.0730. The topological polar surface area (TPSA) is 76.0 Å². The lowest BCUT2D eigenvalue weighted by Crippen LogP contribution is -2.47. The first-order valence-corrected chi connectivity index (χ1v) is 9.40. The number of carbonyl (C=O) groups excluding carboxylic acids is 1. The zero-order valence-electron chi connectivity index (χ0n) is 15.9. The molecule has 0 saturated carbocycles. The van der Waals surface area contributed by atoms with Gasteiger partial charge >= 0.3 is 5.97 Å². The number of rotatable bonds is 9. The Hall–Kier alpha value is -1.24. The molecule has 0 aliphatic heterocycles. The van der Waals surface area contributed by atoms with Crippen LogP contribution < -0.4 is 4.74 Å². The summed E-state index contributed by atoms with van der Waals surface area (Å²) in [5, 5.41) is 18.5. The molecular weight excluding hydrogens is 340 g/mol. The molecule has 1 rings (SSSR count). The molecule has 1 atom stereocenters. The number of aliphatic hydroxyl groups excluding tert-OH is 2. The van der Waals surface area contributed by atoms with Gasteiger partial charge in [-0.05, 0) is 65.8 Å². The average Bonchev–Trinajstić information content (AvgIpc) is 2.52. The predicted molar refractivity (Wildman–Crippen MR) is 101 cm³/mol. The molecule has 6 heteroatoms. The average molecular weight is 371 g/mol. The lowest BCUT2D eigenvalue weighted by molar-refractivity contribution is -0.0141. The van der Waals surface area contributed by atoms with E-state index in [2.05, 4.69) is 0 Å². The number of benzene rings is 1. The largest absolute Gasteiger partial charge is 0.491 e. The zero-order valence-corrected chi connectivity index (χ0v) is 16.7. The molecule has 0 saturated heterocycles. The highest BCUT2D eigenvalue weighted by Crippen LogP contribution is 2.38. The van der Waals surface area contributed by atoms with Crippen molar-refractivity contribution in [3.63, 3.8) is 0 Å². The van der Waals surface area contributed by atoms with E-state index in [-0.39, 0.29) is 12.7 Å². The van der Waals surface area contributed by atoms with Crippen LogP contribution in [0.1, 0.15) is 51.9 Å². The first kappa shape index (κ1) is 21.8. The van der Waals surface area contributed by atoms with Crippen LogP contribution in [0.5, 0.6) is 5.75 Å². The summed E-state index contributed by atoms with van der Waals surface area (Å²) in [6.45, 7) is 11.2. The monoisotopic (exact) mass is 370 g/mol. The van der Waals surface area contributed by atoms with E-state index >= 15 is 0 Å². The normalized spacial score (nSPS) is 13.6. The van der Waals surface area contributed by atoms with Gasteiger partial charge in [0.1, 0.15) is 11.4 Å².